The van der Waals surface area contributed by atoms with Crippen LogP contribution in [0, 0.1) is 0 Å². The molecule has 5 heteroatoms. The van der Waals surface area contributed by atoms with Crippen molar-refractivity contribution in [2.75, 3.05) is 31.6 Å². The van der Waals surface area contributed by atoms with Gasteiger partial charge in [0.2, 0.25) is 0 Å². The van der Waals surface area contributed by atoms with Gasteiger partial charge in [-0.2, -0.15) is 5.10 Å². The van der Waals surface area contributed by atoms with E-state index in [0.717, 1.165) is 31.7 Å². The van der Waals surface area contributed by atoms with Gasteiger partial charge in [-0.05, 0) is 32.9 Å². The number of anilines is 1. The first kappa shape index (κ1) is 12.1. The lowest BCUT2D eigenvalue weighted by atomic mass is 10.4. The molecule has 0 spiro atoms. The van der Waals surface area contributed by atoms with E-state index < -0.39 is 0 Å². The fraction of sp³-hybridized carbons (Fsp3) is 0.667. The van der Waals surface area contributed by atoms with Crippen LogP contribution in [0.2, 0.25) is 0 Å². The number of aromatic nitrogens is 2. The first-order valence-electron chi connectivity index (χ1n) is 6.28. The highest BCUT2D eigenvalue weighted by Gasteiger charge is 2.13. The molecule has 2 rings (SSSR count). The Balaban J connectivity index is 2.03. The Morgan fingerprint density at radius 1 is 1.41 bits per heavy atom. The van der Waals surface area contributed by atoms with E-state index in [0.29, 0.717) is 6.54 Å². The summed E-state index contributed by atoms with van der Waals surface area (Å²) >= 11 is 0. The molecule has 0 bridgehead atoms. The molecule has 0 amide bonds. The number of nitrogens with zero attached hydrogens (tertiary/aromatic N) is 3. The van der Waals surface area contributed by atoms with Crippen LogP contribution in [0.1, 0.15) is 19.3 Å². The quantitative estimate of drug-likeness (QED) is 0.754. The highest BCUT2D eigenvalue weighted by Crippen LogP contribution is 2.16. The maximum absolute atomic E-state index is 11.8. The third-order valence-electron chi connectivity index (χ3n) is 3.12. The van der Waals surface area contributed by atoms with E-state index in [-0.39, 0.29) is 5.56 Å². The SMILES string of the molecule is CNCCCn1ncc(N2CCCC2)cc1=O. The van der Waals surface area contributed by atoms with E-state index in [4.69, 9.17) is 0 Å². The predicted octanol–water partition coefficient (Wildman–Crippen LogP) is 0.453. The van der Waals surface area contributed by atoms with Gasteiger partial charge in [-0.1, -0.05) is 0 Å². The van der Waals surface area contributed by atoms with Crippen molar-refractivity contribution >= 4 is 5.69 Å². The molecule has 1 aliphatic rings. The van der Waals surface area contributed by atoms with Crippen molar-refractivity contribution in [1.82, 2.24) is 15.1 Å². The van der Waals surface area contributed by atoms with Gasteiger partial charge in [0.15, 0.2) is 0 Å². The summed E-state index contributed by atoms with van der Waals surface area (Å²) in [4.78, 5) is 14.1. The normalized spacial score (nSPS) is 15.5. The molecular weight excluding hydrogens is 216 g/mol. The number of hydrogen-bond donors (Lipinski definition) is 1. The van der Waals surface area contributed by atoms with Crippen molar-refractivity contribution in [3.63, 3.8) is 0 Å². The molecule has 94 valence electrons. The average molecular weight is 236 g/mol. The van der Waals surface area contributed by atoms with Gasteiger partial charge in [0.05, 0.1) is 11.9 Å². The first-order valence-corrected chi connectivity index (χ1v) is 6.28. The van der Waals surface area contributed by atoms with E-state index in [9.17, 15) is 4.79 Å². The van der Waals surface area contributed by atoms with Gasteiger partial charge in [0.25, 0.3) is 5.56 Å². The maximum Gasteiger partial charge on any atom is 0.268 e. The van der Waals surface area contributed by atoms with Crippen LogP contribution in [0.15, 0.2) is 17.1 Å². The van der Waals surface area contributed by atoms with Crippen molar-refractivity contribution < 1.29 is 0 Å². The molecular formula is C12H20N4O. The molecule has 5 nitrogen and oxygen atoms in total. The van der Waals surface area contributed by atoms with Gasteiger partial charge in [0, 0.05) is 25.7 Å². The lowest BCUT2D eigenvalue weighted by Gasteiger charge is -2.17. The van der Waals surface area contributed by atoms with E-state index >= 15 is 0 Å². The topological polar surface area (TPSA) is 50.2 Å². The smallest absolute Gasteiger partial charge is 0.268 e. The van der Waals surface area contributed by atoms with Crippen LogP contribution in [0.5, 0.6) is 0 Å². The zero-order valence-electron chi connectivity index (χ0n) is 10.4. The third kappa shape index (κ3) is 3.06. The fourth-order valence-corrected chi connectivity index (χ4v) is 2.15. The Morgan fingerprint density at radius 2 is 2.18 bits per heavy atom. The summed E-state index contributed by atoms with van der Waals surface area (Å²) in [6.07, 6.45) is 5.16. The van der Waals surface area contributed by atoms with Crippen LogP contribution >= 0.6 is 0 Å². The molecule has 17 heavy (non-hydrogen) atoms. The van der Waals surface area contributed by atoms with Gasteiger partial charge in [-0.15, -0.1) is 0 Å². The summed E-state index contributed by atoms with van der Waals surface area (Å²) in [6, 6.07) is 1.71. The van der Waals surface area contributed by atoms with E-state index in [1.165, 1.54) is 17.5 Å². The van der Waals surface area contributed by atoms with E-state index in [2.05, 4.69) is 15.3 Å². The molecule has 1 aromatic rings. The molecule has 1 fully saturated rings. The second kappa shape index (κ2) is 5.82. The minimum absolute atomic E-state index is 0.00510. The van der Waals surface area contributed by atoms with Crippen LogP contribution in [0.4, 0.5) is 5.69 Å². The lowest BCUT2D eigenvalue weighted by Crippen LogP contribution is -2.27. The average Bonchev–Trinajstić information content (AvgIpc) is 2.85. The number of hydrogen-bond acceptors (Lipinski definition) is 4. The minimum atomic E-state index is 0.00510. The molecule has 0 radical (unpaired) electrons. The first-order chi connectivity index (χ1) is 8.31. The van der Waals surface area contributed by atoms with Crippen LogP contribution in [0.25, 0.3) is 0 Å². The molecule has 1 N–H and O–H groups in total. The van der Waals surface area contributed by atoms with Crippen LogP contribution in [-0.4, -0.2) is 36.5 Å². The lowest BCUT2D eigenvalue weighted by molar-refractivity contribution is 0.536. The Morgan fingerprint density at radius 3 is 2.82 bits per heavy atom. The van der Waals surface area contributed by atoms with E-state index in [1.807, 2.05) is 13.2 Å². The largest absolute Gasteiger partial charge is 0.370 e. The summed E-state index contributed by atoms with van der Waals surface area (Å²) in [5.41, 5.74) is 0.975. The molecule has 1 saturated heterocycles. The van der Waals surface area contributed by atoms with Crippen molar-refractivity contribution in [2.24, 2.45) is 0 Å². The summed E-state index contributed by atoms with van der Waals surface area (Å²) < 4.78 is 1.54. The van der Waals surface area contributed by atoms with Crippen molar-refractivity contribution in [3.8, 4) is 0 Å². The monoisotopic (exact) mass is 236 g/mol. The van der Waals surface area contributed by atoms with Crippen molar-refractivity contribution in [2.45, 2.75) is 25.8 Å². The standard InChI is InChI=1S/C12H20N4O/c1-13-5-4-8-16-12(17)9-11(10-14-16)15-6-2-3-7-15/h9-10,13H,2-8H2,1H3. The number of nitrogens with one attached hydrogen (secondary N) is 1. The Hall–Kier alpha value is -1.36. The fourth-order valence-electron chi connectivity index (χ4n) is 2.15. The highest BCUT2D eigenvalue weighted by atomic mass is 16.1. The number of rotatable bonds is 5. The van der Waals surface area contributed by atoms with Crippen LogP contribution in [0.3, 0.4) is 0 Å². The summed E-state index contributed by atoms with van der Waals surface area (Å²) in [5, 5.41) is 7.29. The highest BCUT2D eigenvalue weighted by molar-refractivity contribution is 5.43. The van der Waals surface area contributed by atoms with Crippen molar-refractivity contribution in [1.29, 1.82) is 0 Å². The van der Waals surface area contributed by atoms with Crippen molar-refractivity contribution in [3.05, 3.63) is 22.6 Å². The Kier molecular flexibility index (Phi) is 4.14. The second-order valence-corrected chi connectivity index (χ2v) is 4.43. The third-order valence-corrected chi connectivity index (χ3v) is 3.12. The van der Waals surface area contributed by atoms with Gasteiger partial charge in [0.1, 0.15) is 0 Å². The molecule has 0 unspecified atom stereocenters. The Bertz CT molecular complexity index is 409. The molecule has 2 heterocycles. The molecule has 0 aliphatic carbocycles. The molecule has 0 aromatic carbocycles. The minimum Gasteiger partial charge on any atom is -0.370 e. The summed E-state index contributed by atoms with van der Waals surface area (Å²) in [6.45, 7) is 3.68. The van der Waals surface area contributed by atoms with Crippen LogP contribution in [-0.2, 0) is 6.54 Å². The summed E-state index contributed by atoms with van der Waals surface area (Å²) in [7, 11) is 1.91. The van der Waals surface area contributed by atoms with E-state index in [1.54, 1.807) is 6.07 Å². The van der Waals surface area contributed by atoms with Gasteiger partial charge < -0.3 is 10.2 Å². The maximum atomic E-state index is 11.8. The predicted molar refractivity (Wildman–Crippen MR) is 68.5 cm³/mol. The van der Waals surface area contributed by atoms with Gasteiger partial charge in [-0.25, -0.2) is 4.68 Å². The Labute approximate surface area is 101 Å². The molecule has 1 aromatic heterocycles. The van der Waals surface area contributed by atoms with Gasteiger partial charge in [-0.3, -0.25) is 4.79 Å². The zero-order valence-corrected chi connectivity index (χ0v) is 10.4. The summed E-state index contributed by atoms with van der Waals surface area (Å²) in [5.74, 6) is 0. The van der Waals surface area contributed by atoms with Gasteiger partial charge >= 0.3 is 0 Å². The molecule has 1 aliphatic heterocycles. The molecule has 0 atom stereocenters. The zero-order chi connectivity index (χ0) is 12.1. The van der Waals surface area contributed by atoms with Crippen LogP contribution < -0.4 is 15.8 Å². The second-order valence-electron chi connectivity index (χ2n) is 4.43. The molecule has 0 saturated carbocycles. The number of aryl methyl sites for hydroxylation is 1.